The van der Waals surface area contributed by atoms with E-state index in [9.17, 15) is 9.59 Å². The molecule has 0 rings (SSSR count). The first kappa shape index (κ1) is 43.4. The second-order valence-electron chi connectivity index (χ2n) is 5.67. The average molecular weight is 353 g/mol. The highest BCUT2D eigenvalue weighted by Gasteiger charge is 2.26. The Kier molecular flexibility index (Phi) is 35.6. The monoisotopic (exact) mass is 352 g/mol. The Labute approximate surface area is 153 Å². The Bertz CT molecular complexity index is 305. The van der Waals surface area contributed by atoms with Gasteiger partial charge in [0.2, 0.25) is 0 Å². The summed E-state index contributed by atoms with van der Waals surface area (Å²) in [5, 5.41) is 8.44. The van der Waals surface area contributed by atoms with Gasteiger partial charge in [-0.1, -0.05) is 63.6 Å². The molecule has 0 aromatic rings. The van der Waals surface area contributed by atoms with Crippen LogP contribution < -0.4 is 0 Å². The molecule has 0 fully saturated rings. The van der Waals surface area contributed by atoms with Gasteiger partial charge >= 0.3 is 11.9 Å². The van der Waals surface area contributed by atoms with E-state index < -0.39 is 11.4 Å². The summed E-state index contributed by atoms with van der Waals surface area (Å²) in [6, 6.07) is 0. The van der Waals surface area contributed by atoms with E-state index in [1.54, 1.807) is 19.9 Å². The van der Waals surface area contributed by atoms with E-state index in [4.69, 9.17) is 9.84 Å². The molecule has 4 heteroatoms. The normalized spacial score (nSPS) is 8.75. The van der Waals surface area contributed by atoms with Crippen molar-refractivity contribution in [2.75, 3.05) is 6.61 Å². The second kappa shape index (κ2) is 19.7. The molecule has 0 spiro atoms. The van der Waals surface area contributed by atoms with Crippen LogP contribution in [0.1, 0.15) is 91.5 Å². The fourth-order valence-electron chi connectivity index (χ4n) is 0.626. The van der Waals surface area contributed by atoms with E-state index in [2.05, 4.69) is 6.58 Å². The zero-order valence-electron chi connectivity index (χ0n) is 13.1. The average Bonchev–Trinajstić information content (AvgIpc) is 2.36. The SMILES string of the molecule is C.C.C.C.C.C=CCOC(=O)C(C)(C)CC.CCC(C)(C)C(=O)O. The summed E-state index contributed by atoms with van der Waals surface area (Å²) < 4.78 is 4.89. The molecule has 4 nitrogen and oxygen atoms in total. The predicted octanol–water partition coefficient (Wildman–Crippen LogP) is 6.84. The van der Waals surface area contributed by atoms with Crippen LogP contribution in [0.5, 0.6) is 0 Å². The van der Waals surface area contributed by atoms with Crippen molar-refractivity contribution in [2.24, 2.45) is 10.8 Å². The number of carbonyl (C=O) groups is 2. The number of carbonyl (C=O) groups excluding carboxylic acids is 1. The number of hydrogen-bond acceptors (Lipinski definition) is 3. The van der Waals surface area contributed by atoms with Crippen molar-refractivity contribution in [3.05, 3.63) is 12.7 Å². The topological polar surface area (TPSA) is 63.6 Å². The third kappa shape index (κ3) is 18.7. The van der Waals surface area contributed by atoms with Gasteiger partial charge in [-0.25, -0.2) is 0 Å². The van der Waals surface area contributed by atoms with E-state index in [0.717, 1.165) is 6.42 Å². The maximum absolute atomic E-state index is 11.2. The first-order chi connectivity index (χ1) is 8.55. The second-order valence-corrected chi connectivity index (χ2v) is 5.67. The molecule has 24 heavy (non-hydrogen) atoms. The lowest BCUT2D eigenvalue weighted by atomic mass is 9.91. The molecular formula is C20H48O4. The van der Waals surface area contributed by atoms with Gasteiger partial charge in [0.1, 0.15) is 6.61 Å². The quantitative estimate of drug-likeness (QED) is 0.420. The third-order valence-electron chi connectivity index (χ3n) is 3.23. The van der Waals surface area contributed by atoms with Gasteiger partial charge in [-0.15, -0.1) is 0 Å². The van der Waals surface area contributed by atoms with E-state index in [-0.39, 0.29) is 48.5 Å². The summed E-state index contributed by atoms with van der Waals surface area (Å²) in [7, 11) is 0. The Hall–Kier alpha value is -1.32. The lowest BCUT2D eigenvalue weighted by molar-refractivity contribution is -0.152. The molecule has 0 aromatic carbocycles. The van der Waals surface area contributed by atoms with Gasteiger partial charge in [0.15, 0.2) is 0 Å². The van der Waals surface area contributed by atoms with Crippen molar-refractivity contribution >= 4 is 11.9 Å². The number of esters is 1. The highest BCUT2D eigenvalue weighted by atomic mass is 16.5. The van der Waals surface area contributed by atoms with Gasteiger partial charge in [0, 0.05) is 0 Å². The van der Waals surface area contributed by atoms with Crippen LogP contribution in [0, 0.1) is 10.8 Å². The van der Waals surface area contributed by atoms with Crippen LogP contribution in [0.4, 0.5) is 0 Å². The van der Waals surface area contributed by atoms with E-state index >= 15 is 0 Å². The minimum atomic E-state index is -0.722. The van der Waals surface area contributed by atoms with Crippen LogP contribution in [0.15, 0.2) is 12.7 Å². The van der Waals surface area contributed by atoms with Crippen LogP contribution >= 0.6 is 0 Å². The number of carboxylic acid groups (broad SMARTS) is 1. The van der Waals surface area contributed by atoms with E-state index in [1.165, 1.54) is 0 Å². The van der Waals surface area contributed by atoms with Crippen LogP contribution in [0.2, 0.25) is 0 Å². The number of aliphatic carboxylic acids is 1. The molecule has 0 heterocycles. The van der Waals surface area contributed by atoms with Crippen LogP contribution in [0.25, 0.3) is 0 Å². The Morgan fingerprint density at radius 3 is 1.42 bits per heavy atom. The number of ether oxygens (including phenoxy) is 1. The Morgan fingerprint density at radius 1 is 0.917 bits per heavy atom. The highest BCUT2D eigenvalue weighted by Crippen LogP contribution is 2.21. The molecule has 0 atom stereocenters. The molecule has 0 saturated heterocycles. The third-order valence-corrected chi connectivity index (χ3v) is 3.23. The lowest BCUT2D eigenvalue weighted by Crippen LogP contribution is -2.25. The van der Waals surface area contributed by atoms with Crippen molar-refractivity contribution in [1.29, 1.82) is 0 Å². The predicted molar refractivity (Wildman–Crippen MR) is 111 cm³/mol. The molecular weight excluding hydrogens is 304 g/mol. The zero-order chi connectivity index (χ0) is 15.7. The summed E-state index contributed by atoms with van der Waals surface area (Å²) in [5.41, 5.74) is -0.900. The molecule has 0 bridgehead atoms. The van der Waals surface area contributed by atoms with Crippen molar-refractivity contribution in [1.82, 2.24) is 0 Å². The molecule has 0 aliphatic heterocycles. The van der Waals surface area contributed by atoms with Gasteiger partial charge < -0.3 is 9.84 Å². The fraction of sp³-hybridized carbons (Fsp3) is 0.800. The van der Waals surface area contributed by atoms with Gasteiger partial charge in [0.05, 0.1) is 10.8 Å². The molecule has 0 aliphatic carbocycles. The molecule has 0 aromatic heterocycles. The Balaban J connectivity index is -0.0000000410. The molecule has 1 N–H and O–H groups in total. The molecule has 0 aliphatic rings. The lowest BCUT2D eigenvalue weighted by Gasteiger charge is -2.19. The molecule has 0 unspecified atom stereocenters. The summed E-state index contributed by atoms with van der Waals surface area (Å²) in [4.78, 5) is 21.4. The molecule has 0 radical (unpaired) electrons. The smallest absolute Gasteiger partial charge is 0.311 e. The van der Waals surface area contributed by atoms with Crippen LogP contribution in [0.3, 0.4) is 0 Å². The van der Waals surface area contributed by atoms with Gasteiger partial charge in [-0.3, -0.25) is 9.59 Å². The summed E-state index contributed by atoms with van der Waals surface area (Å²) in [6.07, 6.45) is 3.05. The van der Waals surface area contributed by atoms with Gasteiger partial charge in [0.25, 0.3) is 0 Å². The number of hydrogen-bond donors (Lipinski definition) is 1. The van der Waals surface area contributed by atoms with E-state index in [0.29, 0.717) is 13.0 Å². The fourth-order valence-corrected chi connectivity index (χ4v) is 0.626. The first-order valence-corrected chi connectivity index (χ1v) is 6.56. The largest absolute Gasteiger partial charge is 0.481 e. The molecule has 0 saturated carbocycles. The van der Waals surface area contributed by atoms with E-state index in [1.807, 2.05) is 27.7 Å². The van der Waals surface area contributed by atoms with Gasteiger partial charge in [-0.05, 0) is 40.5 Å². The zero-order valence-corrected chi connectivity index (χ0v) is 13.1. The highest BCUT2D eigenvalue weighted by molar-refractivity contribution is 5.75. The van der Waals surface area contributed by atoms with Crippen molar-refractivity contribution in [3.63, 3.8) is 0 Å². The summed E-state index contributed by atoms with van der Waals surface area (Å²) in [5.74, 6) is -0.875. The summed E-state index contributed by atoms with van der Waals surface area (Å²) in [6.45, 7) is 14.8. The minimum Gasteiger partial charge on any atom is -0.481 e. The molecule has 152 valence electrons. The maximum atomic E-state index is 11.2. The minimum absolute atomic E-state index is 0. The van der Waals surface area contributed by atoms with Gasteiger partial charge in [-0.2, -0.15) is 0 Å². The first-order valence-electron chi connectivity index (χ1n) is 6.56. The summed E-state index contributed by atoms with van der Waals surface area (Å²) >= 11 is 0. The van der Waals surface area contributed by atoms with Crippen LogP contribution in [-0.4, -0.2) is 23.7 Å². The Morgan fingerprint density at radius 2 is 1.25 bits per heavy atom. The van der Waals surface area contributed by atoms with Crippen molar-refractivity contribution < 1.29 is 19.4 Å². The maximum Gasteiger partial charge on any atom is 0.311 e. The van der Waals surface area contributed by atoms with Crippen molar-refractivity contribution in [3.8, 4) is 0 Å². The van der Waals surface area contributed by atoms with Crippen molar-refractivity contribution in [2.45, 2.75) is 91.5 Å². The number of rotatable bonds is 6. The molecule has 0 amide bonds. The standard InChI is InChI=1S/C9H16O2.C6H12O2.5CH4/c1-5-7-11-8(10)9(3,4)6-2;1-4-6(2,3)5(7)8;;;;;/h5H,1,6-7H2,2-4H3;4H2,1-3H3,(H,7,8);5*1H4. The number of carboxylic acids is 1. The van der Waals surface area contributed by atoms with Crippen LogP contribution in [-0.2, 0) is 14.3 Å².